The van der Waals surface area contributed by atoms with E-state index in [0.29, 0.717) is 12.6 Å². The van der Waals surface area contributed by atoms with Crippen molar-refractivity contribution >= 4 is 18.0 Å². The lowest BCUT2D eigenvalue weighted by Crippen LogP contribution is -2.43. The molecule has 0 radical (unpaired) electrons. The minimum atomic E-state index is -0.170. The van der Waals surface area contributed by atoms with Crippen molar-refractivity contribution in [3.05, 3.63) is 35.9 Å². The second-order valence-corrected chi connectivity index (χ2v) is 6.82. The number of hydrogen-bond donors (Lipinski definition) is 3. The predicted octanol–water partition coefficient (Wildman–Crippen LogP) is 3.20. The van der Waals surface area contributed by atoms with E-state index in [2.05, 4.69) is 26.9 Å². The molecule has 0 bridgehead atoms. The lowest BCUT2D eigenvalue weighted by Gasteiger charge is -2.24. The zero-order valence-electron chi connectivity index (χ0n) is 14.0. The molecule has 1 aromatic carbocycles. The van der Waals surface area contributed by atoms with Crippen molar-refractivity contribution in [2.75, 3.05) is 6.54 Å². The second kappa shape index (κ2) is 10.7. The van der Waals surface area contributed by atoms with Gasteiger partial charge in [0.1, 0.15) is 0 Å². The van der Waals surface area contributed by atoms with Gasteiger partial charge in [-0.3, -0.25) is 4.79 Å². The van der Waals surface area contributed by atoms with Crippen LogP contribution in [0.25, 0.3) is 0 Å². The SMILES string of the molecule is CCNC(=O)C(CCc1ccccc1)NSNC1CCCCC1. The van der Waals surface area contributed by atoms with E-state index in [4.69, 9.17) is 0 Å². The Bertz CT molecular complexity index is 449. The lowest BCUT2D eigenvalue weighted by molar-refractivity contribution is -0.122. The molecule has 0 aromatic heterocycles. The number of hydrogen-bond acceptors (Lipinski definition) is 4. The molecule has 1 aliphatic carbocycles. The van der Waals surface area contributed by atoms with Crippen LogP contribution < -0.4 is 14.8 Å². The molecule has 2 rings (SSSR count). The van der Waals surface area contributed by atoms with Crippen molar-refractivity contribution in [3.8, 4) is 0 Å². The Morgan fingerprint density at radius 3 is 2.65 bits per heavy atom. The number of carbonyl (C=O) groups is 1. The van der Waals surface area contributed by atoms with Gasteiger partial charge in [-0.25, -0.2) is 9.44 Å². The molecule has 23 heavy (non-hydrogen) atoms. The molecule has 0 aliphatic heterocycles. The van der Waals surface area contributed by atoms with E-state index in [0.717, 1.165) is 12.8 Å². The maximum Gasteiger partial charge on any atom is 0.238 e. The van der Waals surface area contributed by atoms with Crippen LogP contribution in [0.1, 0.15) is 51.0 Å². The summed E-state index contributed by atoms with van der Waals surface area (Å²) < 4.78 is 6.79. The fourth-order valence-corrected chi connectivity index (χ4v) is 3.74. The van der Waals surface area contributed by atoms with Gasteiger partial charge in [-0.2, -0.15) is 0 Å². The van der Waals surface area contributed by atoms with Crippen LogP contribution in [-0.4, -0.2) is 24.5 Å². The van der Waals surface area contributed by atoms with Gasteiger partial charge < -0.3 is 5.32 Å². The monoisotopic (exact) mass is 335 g/mol. The third-order valence-electron chi connectivity index (χ3n) is 4.26. The Morgan fingerprint density at radius 1 is 1.22 bits per heavy atom. The van der Waals surface area contributed by atoms with Gasteiger partial charge in [0.15, 0.2) is 0 Å². The standard InChI is InChI=1S/C18H29N3OS/c1-2-19-18(22)17(14-13-15-9-5-3-6-10-15)21-23-20-16-11-7-4-8-12-16/h3,5-6,9-10,16-17,20-21H,2,4,7-8,11-14H2,1H3,(H,19,22). The summed E-state index contributed by atoms with van der Waals surface area (Å²) >= 11 is 1.50. The molecule has 0 saturated heterocycles. The maximum atomic E-state index is 12.2. The van der Waals surface area contributed by atoms with Gasteiger partial charge >= 0.3 is 0 Å². The summed E-state index contributed by atoms with van der Waals surface area (Å²) in [5, 5.41) is 2.93. The summed E-state index contributed by atoms with van der Waals surface area (Å²) in [7, 11) is 0. The van der Waals surface area contributed by atoms with Crippen LogP contribution in [-0.2, 0) is 11.2 Å². The average molecular weight is 336 g/mol. The third kappa shape index (κ3) is 6.94. The maximum absolute atomic E-state index is 12.2. The molecule has 1 fully saturated rings. The molecule has 128 valence electrons. The van der Waals surface area contributed by atoms with E-state index in [1.807, 2.05) is 25.1 Å². The quantitative estimate of drug-likeness (QED) is 0.607. The predicted molar refractivity (Wildman–Crippen MR) is 98.0 cm³/mol. The van der Waals surface area contributed by atoms with Gasteiger partial charge in [-0.05, 0) is 38.2 Å². The molecule has 1 aromatic rings. The van der Waals surface area contributed by atoms with Crippen molar-refractivity contribution in [1.82, 2.24) is 14.8 Å². The Hall–Kier alpha value is -1.04. The van der Waals surface area contributed by atoms with Crippen LogP contribution in [0.5, 0.6) is 0 Å². The zero-order valence-corrected chi connectivity index (χ0v) is 14.8. The minimum absolute atomic E-state index is 0.0846. The van der Waals surface area contributed by atoms with E-state index >= 15 is 0 Å². The molecule has 1 unspecified atom stereocenters. The van der Waals surface area contributed by atoms with E-state index in [-0.39, 0.29) is 11.9 Å². The van der Waals surface area contributed by atoms with Crippen LogP contribution >= 0.6 is 12.1 Å². The fraction of sp³-hybridized carbons (Fsp3) is 0.611. The highest BCUT2D eigenvalue weighted by atomic mass is 32.2. The van der Waals surface area contributed by atoms with Gasteiger partial charge in [0.25, 0.3) is 0 Å². The van der Waals surface area contributed by atoms with Crippen molar-refractivity contribution in [3.63, 3.8) is 0 Å². The molecule has 1 atom stereocenters. The highest BCUT2D eigenvalue weighted by Gasteiger charge is 2.19. The van der Waals surface area contributed by atoms with Crippen LogP contribution in [0.3, 0.4) is 0 Å². The number of benzene rings is 1. The highest BCUT2D eigenvalue weighted by Crippen LogP contribution is 2.18. The third-order valence-corrected chi connectivity index (χ3v) is 5.12. The van der Waals surface area contributed by atoms with Gasteiger partial charge in [-0.1, -0.05) is 49.6 Å². The number of likely N-dealkylation sites (N-methyl/N-ethyl adjacent to an activating group) is 1. The van der Waals surface area contributed by atoms with Gasteiger partial charge in [0, 0.05) is 24.7 Å². The second-order valence-electron chi connectivity index (χ2n) is 6.14. The first kappa shape index (κ1) is 18.3. The van der Waals surface area contributed by atoms with E-state index in [1.165, 1.54) is 49.8 Å². The topological polar surface area (TPSA) is 53.2 Å². The van der Waals surface area contributed by atoms with E-state index < -0.39 is 0 Å². The number of carbonyl (C=O) groups excluding carboxylic acids is 1. The number of rotatable bonds is 9. The Morgan fingerprint density at radius 2 is 1.96 bits per heavy atom. The van der Waals surface area contributed by atoms with Crippen molar-refractivity contribution < 1.29 is 4.79 Å². The van der Waals surface area contributed by atoms with Crippen LogP contribution in [0.4, 0.5) is 0 Å². The summed E-state index contributed by atoms with van der Waals surface area (Å²) in [5.41, 5.74) is 1.27. The van der Waals surface area contributed by atoms with Gasteiger partial charge in [-0.15, -0.1) is 0 Å². The van der Waals surface area contributed by atoms with Crippen molar-refractivity contribution in [1.29, 1.82) is 0 Å². The van der Waals surface area contributed by atoms with Gasteiger partial charge in [0.05, 0.1) is 6.04 Å². The molecule has 0 spiro atoms. The van der Waals surface area contributed by atoms with Crippen LogP contribution in [0.15, 0.2) is 30.3 Å². The first-order chi connectivity index (χ1) is 11.3. The molecule has 3 N–H and O–H groups in total. The first-order valence-electron chi connectivity index (χ1n) is 8.78. The molecule has 1 saturated carbocycles. The average Bonchev–Trinajstić information content (AvgIpc) is 2.60. The Kier molecular flexibility index (Phi) is 8.50. The molecule has 5 heteroatoms. The number of nitrogens with one attached hydrogen (secondary N) is 3. The van der Waals surface area contributed by atoms with Crippen molar-refractivity contribution in [2.24, 2.45) is 0 Å². The normalized spacial score (nSPS) is 16.9. The molecular weight excluding hydrogens is 306 g/mol. The summed E-state index contributed by atoms with van der Waals surface area (Å²) in [6.45, 7) is 2.63. The van der Waals surface area contributed by atoms with Gasteiger partial charge in [0.2, 0.25) is 5.91 Å². The number of aryl methyl sites for hydroxylation is 1. The zero-order chi connectivity index (χ0) is 16.3. The molecule has 1 aliphatic rings. The highest BCUT2D eigenvalue weighted by molar-refractivity contribution is 7.95. The molecular formula is C18H29N3OS. The number of amides is 1. The molecule has 4 nitrogen and oxygen atoms in total. The fourth-order valence-electron chi connectivity index (χ4n) is 2.91. The first-order valence-corrected chi connectivity index (χ1v) is 9.59. The lowest BCUT2D eigenvalue weighted by atomic mass is 9.96. The van der Waals surface area contributed by atoms with E-state index in [9.17, 15) is 4.79 Å². The molecule has 0 heterocycles. The smallest absolute Gasteiger partial charge is 0.238 e. The summed E-state index contributed by atoms with van der Waals surface area (Å²) in [5.74, 6) is 0.0846. The van der Waals surface area contributed by atoms with Crippen molar-refractivity contribution in [2.45, 2.75) is 64.0 Å². The van der Waals surface area contributed by atoms with Crippen LogP contribution in [0.2, 0.25) is 0 Å². The molecule has 1 amide bonds. The van der Waals surface area contributed by atoms with Crippen LogP contribution in [0, 0.1) is 0 Å². The minimum Gasteiger partial charge on any atom is -0.355 e. The Labute approximate surface area is 144 Å². The Balaban J connectivity index is 1.77. The summed E-state index contributed by atoms with van der Waals surface area (Å²) in [4.78, 5) is 12.2. The summed E-state index contributed by atoms with van der Waals surface area (Å²) in [6.07, 6.45) is 8.16. The summed E-state index contributed by atoms with van der Waals surface area (Å²) in [6, 6.07) is 10.7. The van der Waals surface area contributed by atoms with E-state index in [1.54, 1.807) is 0 Å². The largest absolute Gasteiger partial charge is 0.355 e.